The Labute approximate surface area is 100 Å². The lowest BCUT2D eigenvalue weighted by molar-refractivity contribution is 0.178. The fraction of sp³-hybridized carbons (Fsp3) is 0.750. The molecule has 1 aromatic heterocycles. The molecule has 0 N–H and O–H groups in total. The van der Waals surface area contributed by atoms with Gasteiger partial charge in [-0.2, -0.15) is 0 Å². The number of nitrogens with zero attached hydrogens (tertiary/aromatic N) is 2. The summed E-state index contributed by atoms with van der Waals surface area (Å²) in [4.78, 5) is 6.80. The molecule has 1 unspecified atom stereocenters. The molecule has 1 aromatic rings. The number of rotatable bonds is 3. The predicted molar refractivity (Wildman–Crippen MR) is 65.0 cm³/mol. The van der Waals surface area contributed by atoms with Crippen molar-refractivity contribution >= 4 is 11.3 Å². The van der Waals surface area contributed by atoms with Crippen molar-refractivity contribution < 1.29 is 4.74 Å². The van der Waals surface area contributed by atoms with Crippen molar-refractivity contribution in [3.8, 4) is 5.19 Å². The van der Waals surface area contributed by atoms with Crippen LogP contribution in [0.2, 0.25) is 0 Å². The average molecular weight is 238 g/mol. The van der Waals surface area contributed by atoms with Crippen molar-refractivity contribution in [3.63, 3.8) is 0 Å². The summed E-state index contributed by atoms with van der Waals surface area (Å²) in [5, 5.41) is 2.80. The van der Waals surface area contributed by atoms with E-state index in [1.807, 2.05) is 11.6 Å². The molecule has 1 aliphatic heterocycles. The Morgan fingerprint density at radius 3 is 2.94 bits per heavy atom. The smallest absolute Gasteiger partial charge is 0.273 e. The van der Waals surface area contributed by atoms with Gasteiger partial charge in [-0.25, -0.2) is 4.98 Å². The first-order chi connectivity index (χ1) is 7.92. The molecule has 0 radical (unpaired) electrons. The van der Waals surface area contributed by atoms with Crippen LogP contribution in [0.25, 0.3) is 0 Å². The van der Waals surface area contributed by atoms with Gasteiger partial charge in [-0.1, -0.05) is 24.2 Å². The van der Waals surface area contributed by atoms with Gasteiger partial charge in [-0.3, -0.25) is 4.90 Å². The van der Waals surface area contributed by atoms with Crippen LogP contribution in [-0.2, 0) is 0 Å². The quantitative estimate of drug-likeness (QED) is 0.809. The van der Waals surface area contributed by atoms with Gasteiger partial charge in [0.2, 0.25) is 0 Å². The molecule has 3 rings (SSSR count). The zero-order valence-corrected chi connectivity index (χ0v) is 10.3. The van der Waals surface area contributed by atoms with Crippen molar-refractivity contribution in [2.75, 3.05) is 13.1 Å². The highest BCUT2D eigenvalue weighted by Gasteiger charge is 2.31. The molecule has 0 spiro atoms. The minimum absolute atomic E-state index is 0.367. The summed E-state index contributed by atoms with van der Waals surface area (Å²) in [6.45, 7) is 2.31. The molecule has 2 fully saturated rings. The van der Waals surface area contributed by atoms with E-state index in [2.05, 4.69) is 9.88 Å². The molecular weight excluding hydrogens is 220 g/mol. The summed E-state index contributed by atoms with van der Waals surface area (Å²) in [7, 11) is 0. The number of aromatic nitrogens is 1. The van der Waals surface area contributed by atoms with Gasteiger partial charge in [0.05, 0.1) is 0 Å². The van der Waals surface area contributed by atoms with Gasteiger partial charge in [-0.05, 0) is 19.3 Å². The van der Waals surface area contributed by atoms with E-state index in [1.54, 1.807) is 11.3 Å². The monoisotopic (exact) mass is 238 g/mol. The van der Waals surface area contributed by atoms with Crippen LogP contribution in [0, 0.1) is 0 Å². The maximum Gasteiger partial charge on any atom is 0.273 e. The SMILES string of the molecule is c1csc(OC2CCN(C3CCCC3)C2)n1. The summed E-state index contributed by atoms with van der Waals surface area (Å²) in [5.74, 6) is 0. The fourth-order valence-corrected chi connectivity index (χ4v) is 3.41. The Balaban J connectivity index is 1.52. The second-order valence-corrected chi connectivity index (χ2v) is 5.62. The zero-order valence-electron chi connectivity index (χ0n) is 9.47. The summed E-state index contributed by atoms with van der Waals surface area (Å²) in [5.41, 5.74) is 0. The van der Waals surface area contributed by atoms with Crippen molar-refractivity contribution in [2.45, 2.75) is 44.2 Å². The fourth-order valence-electron chi connectivity index (χ4n) is 2.86. The Bertz CT molecular complexity index is 322. The highest BCUT2D eigenvalue weighted by molar-refractivity contribution is 7.11. The first-order valence-electron chi connectivity index (χ1n) is 6.22. The van der Waals surface area contributed by atoms with E-state index in [0.29, 0.717) is 6.10 Å². The summed E-state index contributed by atoms with van der Waals surface area (Å²) in [6, 6.07) is 0.838. The van der Waals surface area contributed by atoms with Crippen LogP contribution in [0.1, 0.15) is 32.1 Å². The minimum atomic E-state index is 0.367. The van der Waals surface area contributed by atoms with Gasteiger partial charge in [0.1, 0.15) is 6.10 Å². The second-order valence-electron chi connectivity index (χ2n) is 4.76. The second kappa shape index (κ2) is 4.72. The lowest BCUT2D eigenvalue weighted by atomic mass is 10.2. The molecule has 2 heterocycles. The standard InChI is InChI=1S/C12H18N2OS/c1-2-4-10(3-1)14-7-5-11(9-14)15-12-13-6-8-16-12/h6,8,10-11H,1-5,7,9H2. The number of hydrogen-bond acceptors (Lipinski definition) is 4. The molecule has 0 amide bonds. The topological polar surface area (TPSA) is 25.4 Å². The van der Waals surface area contributed by atoms with E-state index in [4.69, 9.17) is 4.74 Å². The summed E-state index contributed by atoms with van der Waals surface area (Å²) < 4.78 is 5.87. The Hall–Kier alpha value is -0.610. The van der Waals surface area contributed by atoms with Gasteiger partial charge in [0.25, 0.3) is 5.19 Å². The third-order valence-electron chi connectivity index (χ3n) is 3.69. The normalized spacial score (nSPS) is 27.6. The molecule has 0 bridgehead atoms. The van der Waals surface area contributed by atoms with Gasteiger partial charge in [-0.15, -0.1) is 0 Å². The van der Waals surface area contributed by atoms with Crippen LogP contribution in [0.15, 0.2) is 11.6 Å². The zero-order chi connectivity index (χ0) is 10.8. The Morgan fingerprint density at radius 2 is 2.19 bits per heavy atom. The molecule has 88 valence electrons. The van der Waals surface area contributed by atoms with Gasteiger partial charge in [0.15, 0.2) is 0 Å². The van der Waals surface area contributed by atoms with Crippen molar-refractivity contribution in [1.29, 1.82) is 0 Å². The van der Waals surface area contributed by atoms with Crippen LogP contribution in [-0.4, -0.2) is 35.1 Å². The van der Waals surface area contributed by atoms with Crippen molar-refractivity contribution in [3.05, 3.63) is 11.6 Å². The highest BCUT2D eigenvalue weighted by atomic mass is 32.1. The van der Waals surface area contributed by atoms with E-state index < -0.39 is 0 Å². The molecular formula is C12H18N2OS. The summed E-state index contributed by atoms with van der Waals surface area (Å²) >= 11 is 1.59. The number of likely N-dealkylation sites (tertiary alicyclic amines) is 1. The molecule has 4 heteroatoms. The molecule has 1 aliphatic carbocycles. The maximum atomic E-state index is 5.87. The van der Waals surface area contributed by atoms with E-state index in [0.717, 1.165) is 24.2 Å². The molecule has 3 nitrogen and oxygen atoms in total. The van der Waals surface area contributed by atoms with Crippen LogP contribution in [0.3, 0.4) is 0 Å². The Morgan fingerprint density at radius 1 is 1.31 bits per heavy atom. The van der Waals surface area contributed by atoms with Gasteiger partial charge >= 0.3 is 0 Å². The van der Waals surface area contributed by atoms with Crippen LogP contribution < -0.4 is 4.74 Å². The average Bonchev–Trinajstić information content (AvgIpc) is 2.99. The first kappa shape index (κ1) is 10.5. The van der Waals surface area contributed by atoms with Crippen LogP contribution >= 0.6 is 11.3 Å². The predicted octanol–water partition coefficient (Wildman–Crippen LogP) is 2.54. The lowest BCUT2D eigenvalue weighted by Crippen LogP contribution is -2.32. The van der Waals surface area contributed by atoms with Gasteiger partial charge in [0, 0.05) is 30.7 Å². The number of ether oxygens (including phenoxy) is 1. The van der Waals surface area contributed by atoms with Crippen LogP contribution in [0.4, 0.5) is 0 Å². The lowest BCUT2D eigenvalue weighted by Gasteiger charge is -2.23. The summed E-state index contributed by atoms with van der Waals surface area (Å²) in [6.07, 6.45) is 8.96. The molecule has 16 heavy (non-hydrogen) atoms. The van der Waals surface area contributed by atoms with E-state index in [9.17, 15) is 0 Å². The van der Waals surface area contributed by atoms with Crippen LogP contribution in [0.5, 0.6) is 5.19 Å². The highest BCUT2D eigenvalue weighted by Crippen LogP contribution is 2.28. The van der Waals surface area contributed by atoms with E-state index >= 15 is 0 Å². The van der Waals surface area contributed by atoms with E-state index in [1.165, 1.54) is 32.2 Å². The molecule has 1 saturated carbocycles. The number of thiazole rings is 1. The van der Waals surface area contributed by atoms with Crippen molar-refractivity contribution in [1.82, 2.24) is 9.88 Å². The van der Waals surface area contributed by atoms with Gasteiger partial charge < -0.3 is 4.74 Å². The first-order valence-corrected chi connectivity index (χ1v) is 7.10. The minimum Gasteiger partial charge on any atom is -0.465 e. The number of hydrogen-bond donors (Lipinski definition) is 0. The largest absolute Gasteiger partial charge is 0.465 e. The van der Waals surface area contributed by atoms with E-state index in [-0.39, 0.29) is 0 Å². The molecule has 1 saturated heterocycles. The maximum absolute atomic E-state index is 5.87. The third-order valence-corrected chi connectivity index (χ3v) is 4.36. The molecule has 0 aromatic carbocycles. The Kier molecular flexibility index (Phi) is 3.11. The molecule has 2 aliphatic rings. The third kappa shape index (κ3) is 2.23. The van der Waals surface area contributed by atoms with Crippen molar-refractivity contribution in [2.24, 2.45) is 0 Å². The molecule has 1 atom stereocenters.